The van der Waals surface area contributed by atoms with Gasteiger partial charge in [-0.2, -0.15) is 4.98 Å². The lowest BCUT2D eigenvalue weighted by Crippen LogP contribution is -2.21. The second kappa shape index (κ2) is 7.09. The average Bonchev–Trinajstić information content (AvgIpc) is 2.99. The molecule has 26 heavy (non-hydrogen) atoms. The number of aryl methyl sites for hydroxylation is 3. The standard InChI is InChI=1S/C17H16ClN5O3/c1-9-6-12(18)4-5-13(9)20-14(24)8-26-16(25)15-21-17-19-10(2)7-11(3)23(17)22-15/h4-7H,8H2,1-3H3,(H,20,24). The monoisotopic (exact) mass is 373 g/mol. The molecule has 1 N–H and O–H groups in total. The van der Waals surface area contributed by atoms with Crippen molar-refractivity contribution in [2.45, 2.75) is 20.8 Å². The summed E-state index contributed by atoms with van der Waals surface area (Å²) in [6.45, 7) is 5.00. The Bertz CT molecular complexity index is 1020. The number of carbonyl (C=O) groups excluding carboxylic acids is 2. The Hall–Kier alpha value is -3.00. The van der Waals surface area contributed by atoms with E-state index in [0.29, 0.717) is 16.5 Å². The summed E-state index contributed by atoms with van der Waals surface area (Å²) in [5, 5.41) is 7.29. The van der Waals surface area contributed by atoms with Crippen molar-refractivity contribution in [3.63, 3.8) is 0 Å². The van der Waals surface area contributed by atoms with E-state index in [9.17, 15) is 9.59 Å². The molecule has 0 aliphatic heterocycles. The molecule has 0 unspecified atom stereocenters. The number of hydrogen-bond donors (Lipinski definition) is 1. The number of amides is 1. The van der Waals surface area contributed by atoms with Crippen LogP contribution >= 0.6 is 11.6 Å². The van der Waals surface area contributed by atoms with Gasteiger partial charge in [0.05, 0.1) is 0 Å². The van der Waals surface area contributed by atoms with Crippen LogP contribution in [0.3, 0.4) is 0 Å². The molecule has 0 saturated carbocycles. The van der Waals surface area contributed by atoms with Crippen molar-refractivity contribution in [2.75, 3.05) is 11.9 Å². The largest absolute Gasteiger partial charge is 0.450 e. The van der Waals surface area contributed by atoms with Crippen LogP contribution in [0.5, 0.6) is 0 Å². The molecular weight excluding hydrogens is 358 g/mol. The second-order valence-electron chi connectivity index (χ2n) is 5.77. The topological polar surface area (TPSA) is 98.5 Å². The number of nitrogens with zero attached hydrogens (tertiary/aromatic N) is 4. The summed E-state index contributed by atoms with van der Waals surface area (Å²) >= 11 is 5.88. The fraction of sp³-hybridized carbons (Fsp3) is 0.235. The highest BCUT2D eigenvalue weighted by atomic mass is 35.5. The third kappa shape index (κ3) is 3.80. The van der Waals surface area contributed by atoms with Crippen LogP contribution in [0.25, 0.3) is 5.78 Å². The molecule has 0 aliphatic carbocycles. The van der Waals surface area contributed by atoms with Crippen LogP contribution in [-0.2, 0) is 9.53 Å². The van der Waals surface area contributed by atoms with Crippen molar-refractivity contribution in [2.24, 2.45) is 0 Å². The third-order valence-electron chi connectivity index (χ3n) is 3.60. The van der Waals surface area contributed by atoms with Crippen LogP contribution in [0.2, 0.25) is 5.02 Å². The predicted octanol–water partition coefficient (Wildman–Crippen LogP) is 2.50. The van der Waals surface area contributed by atoms with Gasteiger partial charge in [-0.25, -0.2) is 14.3 Å². The molecule has 3 aromatic rings. The number of nitrogens with one attached hydrogen (secondary N) is 1. The number of carbonyl (C=O) groups is 2. The molecule has 0 radical (unpaired) electrons. The van der Waals surface area contributed by atoms with E-state index < -0.39 is 18.5 Å². The molecular formula is C17H16ClN5O3. The molecule has 0 bridgehead atoms. The fourth-order valence-electron chi connectivity index (χ4n) is 2.40. The quantitative estimate of drug-likeness (QED) is 0.705. The van der Waals surface area contributed by atoms with E-state index in [4.69, 9.17) is 16.3 Å². The minimum absolute atomic E-state index is 0.151. The molecule has 2 heterocycles. The number of rotatable bonds is 4. The summed E-state index contributed by atoms with van der Waals surface area (Å²) in [7, 11) is 0. The summed E-state index contributed by atoms with van der Waals surface area (Å²) < 4.78 is 6.43. The van der Waals surface area contributed by atoms with Crippen molar-refractivity contribution in [1.29, 1.82) is 0 Å². The van der Waals surface area contributed by atoms with E-state index in [1.807, 2.05) is 26.8 Å². The van der Waals surface area contributed by atoms with Crippen molar-refractivity contribution in [3.05, 3.63) is 52.1 Å². The normalized spacial score (nSPS) is 10.8. The number of halogens is 1. The summed E-state index contributed by atoms with van der Waals surface area (Å²) in [4.78, 5) is 32.3. The van der Waals surface area contributed by atoms with Crippen LogP contribution < -0.4 is 5.32 Å². The first-order chi connectivity index (χ1) is 12.3. The first-order valence-electron chi connectivity index (χ1n) is 7.77. The van der Waals surface area contributed by atoms with Crippen LogP contribution in [0.15, 0.2) is 24.3 Å². The highest BCUT2D eigenvalue weighted by Gasteiger charge is 2.18. The highest BCUT2D eigenvalue weighted by molar-refractivity contribution is 6.30. The molecule has 0 saturated heterocycles. The number of fused-ring (bicyclic) bond motifs is 1. The Balaban J connectivity index is 1.65. The Kier molecular flexibility index (Phi) is 4.85. The van der Waals surface area contributed by atoms with Gasteiger partial charge in [0, 0.05) is 22.1 Å². The lowest BCUT2D eigenvalue weighted by atomic mass is 10.2. The van der Waals surface area contributed by atoms with Gasteiger partial charge in [0.25, 0.3) is 17.5 Å². The van der Waals surface area contributed by atoms with E-state index in [-0.39, 0.29) is 5.82 Å². The van der Waals surface area contributed by atoms with Gasteiger partial charge in [-0.1, -0.05) is 11.6 Å². The Morgan fingerprint density at radius 3 is 2.69 bits per heavy atom. The molecule has 0 atom stereocenters. The van der Waals surface area contributed by atoms with E-state index in [1.165, 1.54) is 4.52 Å². The van der Waals surface area contributed by atoms with E-state index in [0.717, 1.165) is 17.0 Å². The van der Waals surface area contributed by atoms with Crippen molar-refractivity contribution < 1.29 is 14.3 Å². The van der Waals surface area contributed by atoms with Gasteiger partial charge in [-0.15, -0.1) is 5.10 Å². The van der Waals surface area contributed by atoms with Gasteiger partial charge >= 0.3 is 5.97 Å². The van der Waals surface area contributed by atoms with Crippen molar-refractivity contribution >= 4 is 34.9 Å². The average molecular weight is 374 g/mol. The zero-order chi connectivity index (χ0) is 18.8. The van der Waals surface area contributed by atoms with Crippen LogP contribution in [-0.4, -0.2) is 38.1 Å². The molecule has 1 aromatic carbocycles. The fourth-order valence-corrected chi connectivity index (χ4v) is 2.63. The zero-order valence-corrected chi connectivity index (χ0v) is 15.2. The van der Waals surface area contributed by atoms with Crippen LogP contribution in [0, 0.1) is 20.8 Å². The molecule has 1 amide bonds. The lowest BCUT2D eigenvalue weighted by Gasteiger charge is -2.08. The van der Waals surface area contributed by atoms with Gasteiger partial charge in [0.1, 0.15) is 0 Å². The minimum atomic E-state index is -0.796. The second-order valence-corrected chi connectivity index (χ2v) is 6.21. The number of ether oxygens (including phenoxy) is 1. The zero-order valence-electron chi connectivity index (χ0n) is 14.4. The van der Waals surface area contributed by atoms with Crippen LogP contribution in [0.4, 0.5) is 5.69 Å². The maximum Gasteiger partial charge on any atom is 0.378 e. The van der Waals surface area contributed by atoms with Crippen molar-refractivity contribution in [3.8, 4) is 0 Å². The van der Waals surface area contributed by atoms with Gasteiger partial charge < -0.3 is 10.1 Å². The minimum Gasteiger partial charge on any atom is -0.450 e. The van der Waals surface area contributed by atoms with Gasteiger partial charge in [0.2, 0.25) is 0 Å². The lowest BCUT2D eigenvalue weighted by molar-refractivity contribution is -0.119. The Morgan fingerprint density at radius 1 is 1.19 bits per heavy atom. The van der Waals surface area contributed by atoms with E-state index in [2.05, 4.69) is 20.4 Å². The maximum absolute atomic E-state index is 12.1. The first-order valence-corrected chi connectivity index (χ1v) is 8.15. The molecule has 8 nitrogen and oxygen atoms in total. The first kappa shape index (κ1) is 17.8. The molecule has 0 aliphatic rings. The van der Waals surface area contributed by atoms with Gasteiger partial charge in [-0.3, -0.25) is 4.79 Å². The smallest absolute Gasteiger partial charge is 0.378 e. The molecule has 134 valence electrons. The molecule has 0 fully saturated rings. The summed E-state index contributed by atoms with van der Waals surface area (Å²) in [6.07, 6.45) is 0. The number of esters is 1. The Labute approximate surface area is 154 Å². The molecule has 2 aromatic heterocycles. The van der Waals surface area contributed by atoms with Gasteiger partial charge in [0.15, 0.2) is 6.61 Å². The number of aromatic nitrogens is 4. The maximum atomic E-state index is 12.1. The molecule has 3 rings (SSSR count). The number of hydrogen-bond acceptors (Lipinski definition) is 6. The van der Waals surface area contributed by atoms with E-state index >= 15 is 0 Å². The van der Waals surface area contributed by atoms with E-state index in [1.54, 1.807) is 18.2 Å². The third-order valence-corrected chi connectivity index (χ3v) is 3.83. The SMILES string of the molecule is Cc1cc(C)n2nc(C(=O)OCC(=O)Nc3ccc(Cl)cc3C)nc2n1. The summed E-state index contributed by atoms with van der Waals surface area (Å²) in [5.74, 6) is -1.12. The van der Waals surface area contributed by atoms with Gasteiger partial charge in [-0.05, 0) is 50.6 Å². The molecule has 0 spiro atoms. The summed E-state index contributed by atoms with van der Waals surface area (Å²) in [6, 6.07) is 6.88. The highest BCUT2D eigenvalue weighted by Crippen LogP contribution is 2.19. The Morgan fingerprint density at radius 2 is 1.96 bits per heavy atom. The number of benzene rings is 1. The number of anilines is 1. The molecule has 9 heteroatoms. The van der Waals surface area contributed by atoms with Crippen LogP contribution in [0.1, 0.15) is 27.6 Å². The van der Waals surface area contributed by atoms with Crippen molar-refractivity contribution in [1.82, 2.24) is 19.6 Å². The summed E-state index contributed by atoms with van der Waals surface area (Å²) in [5.41, 5.74) is 2.95. The predicted molar refractivity (Wildman–Crippen MR) is 95.4 cm³/mol.